The van der Waals surface area contributed by atoms with Crippen molar-refractivity contribution in [1.82, 2.24) is 19.6 Å². The van der Waals surface area contributed by atoms with Gasteiger partial charge in [0.1, 0.15) is 0 Å². The molecule has 0 aromatic carbocycles. The van der Waals surface area contributed by atoms with Crippen LogP contribution in [0.2, 0.25) is 0 Å². The van der Waals surface area contributed by atoms with Crippen LogP contribution < -0.4 is 0 Å². The van der Waals surface area contributed by atoms with E-state index >= 15 is 0 Å². The first-order chi connectivity index (χ1) is 12.0. The number of aryl methyl sites for hydroxylation is 4. The van der Waals surface area contributed by atoms with Gasteiger partial charge in [-0.15, -0.1) is 0 Å². The van der Waals surface area contributed by atoms with Crippen molar-refractivity contribution >= 4 is 17.9 Å². The quantitative estimate of drug-likeness (QED) is 0.793. The second kappa shape index (κ2) is 7.21. The van der Waals surface area contributed by atoms with Crippen molar-refractivity contribution in [3.05, 3.63) is 46.1 Å². The molecule has 1 aliphatic rings. The highest BCUT2D eigenvalue weighted by Gasteiger charge is 2.21. The van der Waals surface area contributed by atoms with Crippen LogP contribution in [0.5, 0.6) is 0 Å². The lowest BCUT2D eigenvalue weighted by molar-refractivity contribution is -0.112. The van der Waals surface area contributed by atoms with Crippen LogP contribution in [0.1, 0.15) is 55.6 Å². The molecule has 132 valence electrons. The first-order valence-electron chi connectivity index (χ1n) is 9.05. The van der Waals surface area contributed by atoms with Crippen LogP contribution in [0.4, 0.5) is 0 Å². The van der Waals surface area contributed by atoms with Gasteiger partial charge in [0.15, 0.2) is 5.78 Å². The molecule has 0 N–H and O–H groups in total. The van der Waals surface area contributed by atoms with E-state index in [9.17, 15) is 4.79 Å². The summed E-state index contributed by atoms with van der Waals surface area (Å²) >= 11 is 0. The minimum Gasteiger partial charge on any atom is -0.289 e. The Morgan fingerprint density at radius 3 is 1.72 bits per heavy atom. The van der Waals surface area contributed by atoms with Crippen molar-refractivity contribution in [2.24, 2.45) is 0 Å². The predicted octanol–water partition coefficient (Wildman–Crippen LogP) is 3.96. The number of carbonyl (C=O) groups is 1. The Labute approximate surface area is 149 Å². The van der Waals surface area contributed by atoms with Crippen molar-refractivity contribution in [3.8, 4) is 0 Å². The number of allylic oxidation sites excluding steroid dienone is 2. The minimum atomic E-state index is 0.165. The molecule has 0 atom stereocenters. The van der Waals surface area contributed by atoms with Crippen molar-refractivity contribution in [2.75, 3.05) is 0 Å². The molecular formula is C20H26N4O. The van der Waals surface area contributed by atoms with Gasteiger partial charge in [-0.05, 0) is 59.1 Å². The van der Waals surface area contributed by atoms with E-state index in [0.29, 0.717) is 0 Å². The molecule has 0 amide bonds. The zero-order chi connectivity index (χ0) is 18.0. The van der Waals surface area contributed by atoms with Gasteiger partial charge in [-0.1, -0.05) is 0 Å². The molecule has 0 aliphatic heterocycles. The van der Waals surface area contributed by atoms with Crippen LogP contribution in [0.3, 0.4) is 0 Å². The fourth-order valence-corrected chi connectivity index (χ4v) is 3.23. The molecule has 5 nitrogen and oxygen atoms in total. The first-order valence-corrected chi connectivity index (χ1v) is 9.05. The monoisotopic (exact) mass is 338 g/mol. The summed E-state index contributed by atoms with van der Waals surface area (Å²) in [6.45, 7) is 9.79. The molecule has 0 saturated heterocycles. The van der Waals surface area contributed by atoms with Gasteiger partial charge in [0.05, 0.1) is 11.4 Å². The molecule has 25 heavy (non-hydrogen) atoms. The van der Waals surface area contributed by atoms with Gasteiger partial charge in [-0.25, -0.2) is 0 Å². The average Bonchev–Trinajstić information content (AvgIpc) is 3.14. The summed E-state index contributed by atoms with van der Waals surface area (Å²) in [4.78, 5) is 12.9. The molecule has 0 spiro atoms. The molecule has 0 bridgehead atoms. The molecule has 1 fully saturated rings. The standard InChI is InChI=1S/C20H26N4O/c1-5-23-12-18(14(3)21-23)10-16-8-7-9-17(20(16)25)11-19-13-24(6-2)22-15(19)4/h10-13H,5-9H2,1-4H3/b16-10-,17-11+. The lowest BCUT2D eigenvalue weighted by Gasteiger charge is -2.16. The SMILES string of the molecule is CCn1cc(/C=C2/CCC/C(=C\c3cn(CC)nc3C)C2=O)c(C)n1. The molecule has 2 heterocycles. The van der Waals surface area contributed by atoms with Crippen LogP contribution in [0.15, 0.2) is 23.5 Å². The smallest absolute Gasteiger partial charge is 0.185 e. The summed E-state index contributed by atoms with van der Waals surface area (Å²) in [7, 11) is 0. The fraction of sp³-hybridized carbons (Fsp3) is 0.450. The van der Waals surface area contributed by atoms with E-state index in [2.05, 4.69) is 24.0 Å². The molecule has 1 aliphatic carbocycles. The van der Waals surface area contributed by atoms with Crippen molar-refractivity contribution in [3.63, 3.8) is 0 Å². The summed E-state index contributed by atoms with van der Waals surface area (Å²) in [6.07, 6.45) is 10.7. The second-order valence-corrected chi connectivity index (χ2v) is 6.57. The summed E-state index contributed by atoms with van der Waals surface area (Å²) in [5.74, 6) is 0.165. The third-order valence-electron chi connectivity index (χ3n) is 4.75. The Morgan fingerprint density at radius 1 is 0.920 bits per heavy atom. The van der Waals surface area contributed by atoms with Gasteiger partial charge in [-0.2, -0.15) is 10.2 Å². The summed E-state index contributed by atoms with van der Waals surface area (Å²) in [5.41, 5.74) is 5.80. The molecule has 5 heteroatoms. The topological polar surface area (TPSA) is 52.7 Å². The molecule has 2 aromatic heterocycles. The van der Waals surface area contributed by atoms with Crippen molar-refractivity contribution < 1.29 is 4.79 Å². The lowest BCUT2D eigenvalue weighted by atomic mass is 9.87. The molecule has 2 aromatic rings. The summed E-state index contributed by atoms with van der Waals surface area (Å²) in [5, 5.41) is 8.93. The van der Waals surface area contributed by atoms with Crippen LogP contribution in [0, 0.1) is 13.8 Å². The van der Waals surface area contributed by atoms with E-state index in [1.807, 2.05) is 47.8 Å². The highest BCUT2D eigenvalue weighted by atomic mass is 16.1. The Balaban J connectivity index is 1.90. The molecule has 1 saturated carbocycles. The first kappa shape index (κ1) is 17.4. The number of hydrogen-bond acceptors (Lipinski definition) is 3. The highest BCUT2D eigenvalue weighted by Crippen LogP contribution is 2.29. The Hall–Kier alpha value is -2.43. The Bertz CT molecular complexity index is 783. The molecular weight excluding hydrogens is 312 g/mol. The molecule has 3 rings (SSSR count). The molecule has 0 unspecified atom stereocenters. The number of ketones is 1. The number of aromatic nitrogens is 4. The maximum absolute atomic E-state index is 12.9. The van der Waals surface area contributed by atoms with Crippen LogP contribution in [-0.4, -0.2) is 25.3 Å². The van der Waals surface area contributed by atoms with Gasteiger partial charge in [0, 0.05) is 47.8 Å². The van der Waals surface area contributed by atoms with Gasteiger partial charge < -0.3 is 0 Å². The van der Waals surface area contributed by atoms with Crippen LogP contribution in [-0.2, 0) is 17.9 Å². The van der Waals surface area contributed by atoms with Crippen LogP contribution >= 0.6 is 0 Å². The predicted molar refractivity (Wildman–Crippen MR) is 100 cm³/mol. The van der Waals surface area contributed by atoms with Crippen molar-refractivity contribution in [1.29, 1.82) is 0 Å². The Morgan fingerprint density at radius 2 is 1.36 bits per heavy atom. The maximum Gasteiger partial charge on any atom is 0.185 e. The van der Waals surface area contributed by atoms with Crippen molar-refractivity contribution in [2.45, 2.75) is 60.0 Å². The van der Waals surface area contributed by atoms with E-state index in [0.717, 1.165) is 66.0 Å². The third-order valence-corrected chi connectivity index (χ3v) is 4.75. The van der Waals surface area contributed by atoms with E-state index < -0.39 is 0 Å². The molecule has 0 radical (unpaired) electrons. The van der Waals surface area contributed by atoms with Gasteiger partial charge in [0.25, 0.3) is 0 Å². The summed E-state index contributed by atoms with van der Waals surface area (Å²) < 4.78 is 3.82. The summed E-state index contributed by atoms with van der Waals surface area (Å²) in [6, 6.07) is 0. The minimum absolute atomic E-state index is 0.165. The number of nitrogens with zero attached hydrogens (tertiary/aromatic N) is 4. The van der Waals surface area contributed by atoms with E-state index in [1.54, 1.807) is 0 Å². The second-order valence-electron chi connectivity index (χ2n) is 6.57. The van der Waals surface area contributed by atoms with Gasteiger partial charge in [-0.3, -0.25) is 14.2 Å². The zero-order valence-corrected chi connectivity index (χ0v) is 15.5. The number of Topliss-reactive ketones (excluding diaryl/α,β-unsaturated/α-hetero) is 1. The Kier molecular flexibility index (Phi) is 5.02. The third kappa shape index (κ3) is 3.65. The number of rotatable bonds is 4. The fourth-order valence-electron chi connectivity index (χ4n) is 3.23. The number of carbonyl (C=O) groups excluding carboxylic acids is 1. The lowest BCUT2D eigenvalue weighted by Crippen LogP contribution is -2.12. The zero-order valence-electron chi connectivity index (χ0n) is 15.5. The van der Waals surface area contributed by atoms with Gasteiger partial charge in [0.2, 0.25) is 0 Å². The highest BCUT2D eigenvalue weighted by molar-refractivity contribution is 6.14. The van der Waals surface area contributed by atoms with Crippen LogP contribution in [0.25, 0.3) is 12.2 Å². The van der Waals surface area contributed by atoms with E-state index in [1.165, 1.54) is 0 Å². The van der Waals surface area contributed by atoms with Gasteiger partial charge >= 0.3 is 0 Å². The number of hydrogen-bond donors (Lipinski definition) is 0. The maximum atomic E-state index is 12.9. The van der Waals surface area contributed by atoms with E-state index in [-0.39, 0.29) is 5.78 Å². The average molecular weight is 338 g/mol. The normalized spacial score (nSPS) is 18.5. The van der Waals surface area contributed by atoms with E-state index in [4.69, 9.17) is 0 Å². The largest absolute Gasteiger partial charge is 0.289 e.